The molecule has 0 atom stereocenters. The maximum Gasteiger partial charge on any atom is 0.312 e. The third kappa shape index (κ3) is 3.09. The summed E-state index contributed by atoms with van der Waals surface area (Å²) < 4.78 is 5.96. The normalized spacial score (nSPS) is 10.1. The molecule has 0 saturated carbocycles. The van der Waals surface area contributed by atoms with E-state index in [1.165, 1.54) is 24.4 Å². The molecule has 7 nitrogen and oxygen atoms in total. The standard InChI is InChI=1S/C12H9BrN4O3/c13-8-2-3-10(9(5-8)17(18)19)20-11-4-1-7(6-16-11)12(14)15/h1-6H,(H3,14,15). The average molecular weight is 337 g/mol. The zero-order valence-electron chi connectivity index (χ0n) is 10.0. The van der Waals surface area contributed by atoms with Gasteiger partial charge in [-0.2, -0.15) is 0 Å². The van der Waals surface area contributed by atoms with Crippen LogP contribution in [0.1, 0.15) is 5.56 Å². The number of benzene rings is 1. The van der Waals surface area contributed by atoms with Gasteiger partial charge in [0.2, 0.25) is 11.6 Å². The molecule has 20 heavy (non-hydrogen) atoms. The van der Waals surface area contributed by atoms with Crippen molar-refractivity contribution in [1.82, 2.24) is 4.98 Å². The fourth-order valence-corrected chi connectivity index (χ4v) is 1.78. The van der Waals surface area contributed by atoms with Crippen LogP contribution in [0.25, 0.3) is 0 Å². The second kappa shape index (κ2) is 5.66. The molecule has 2 rings (SSSR count). The van der Waals surface area contributed by atoms with Crippen LogP contribution in [0.15, 0.2) is 41.0 Å². The molecule has 1 aromatic heterocycles. The molecule has 0 fully saturated rings. The maximum atomic E-state index is 10.9. The smallest absolute Gasteiger partial charge is 0.312 e. The van der Waals surface area contributed by atoms with Gasteiger partial charge < -0.3 is 10.5 Å². The molecule has 0 aliphatic heterocycles. The van der Waals surface area contributed by atoms with Gasteiger partial charge in [-0.3, -0.25) is 15.5 Å². The number of nitro groups is 1. The van der Waals surface area contributed by atoms with Gasteiger partial charge in [-0.25, -0.2) is 4.98 Å². The first kappa shape index (κ1) is 13.9. The number of nitrogens with zero attached hydrogens (tertiary/aromatic N) is 2. The number of rotatable bonds is 4. The number of nitrogen functional groups attached to an aromatic ring is 1. The quantitative estimate of drug-likeness (QED) is 0.385. The van der Waals surface area contributed by atoms with Crippen molar-refractivity contribution in [3.05, 3.63) is 56.7 Å². The number of aromatic nitrogens is 1. The van der Waals surface area contributed by atoms with Crippen LogP contribution >= 0.6 is 15.9 Å². The number of pyridine rings is 1. The minimum absolute atomic E-state index is 0.0845. The molecule has 0 saturated heterocycles. The molecule has 3 N–H and O–H groups in total. The largest absolute Gasteiger partial charge is 0.432 e. The van der Waals surface area contributed by atoms with E-state index in [0.717, 1.165) is 0 Å². The fourth-order valence-electron chi connectivity index (χ4n) is 1.43. The summed E-state index contributed by atoms with van der Waals surface area (Å²) in [6.45, 7) is 0. The van der Waals surface area contributed by atoms with Crippen LogP contribution < -0.4 is 10.5 Å². The molecule has 0 aliphatic carbocycles. The van der Waals surface area contributed by atoms with Gasteiger partial charge in [0, 0.05) is 28.4 Å². The van der Waals surface area contributed by atoms with E-state index in [9.17, 15) is 10.1 Å². The summed E-state index contributed by atoms with van der Waals surface area (Å²) in [5.74, 6) is 0.153. The first-order valence-corrected chi connectivity index (χ1v) is 6.19. The molecule has 1 heterocycles. The van der Waals surface area contributed by atoms with Crippen molar-refractivity contribution >= 4 is 27.5 Å². The van der Waals surface area contributed by atoms with Crippen LogP contribution in [0.2, 0.25) is 0 Å². The van der Waals surface area contributed by atoms with E-state index in [2.05, 4.69) is 20.9 Å². The Balaban J connectivity index is 2.30. The van der Waals surface area contributed by atoms with Gasteiger partial charge in [-0.15, -0.1) is 0 Å². The number of halogens is 1. The molecule has 0 radical (unpaired) electrons. The van der Waals surface area contributed by atoms with Gasteiger partial charge in [-0.1, -0.05) is 15.9 Å². The summed E-state index contributed by atoms with van der Waals surface area (Å²) in [6.07, 6.45) is 1.36. The number of nitrogens with one attached hydrogen (secondary N) is 1. The maximum absolute atomic E-state index is 10.9. The molecule has 102 valence electrons. The third-order valence-corrected chi connectivity index (χ3v) is 2.87. The van der Waals surface area contributed by atoms with E-state index in [0.29, 0.717) is 10.0 Å². The molecule has 1 aromatic carbocycles. The highest BCUT2D eigenvalue weighted by Crippen LogP contribution is 2.32. The van der Waals surface area contributed by atoms with Gasteiger partial charge >= 0.3 is 5.69 Å². The molecule has 8 heteroatoms. The molecular formula is C12H9BrN4O3. The Kier molecular flexibility index (Phi) is 3.94. The van der Waals surface area contributed by atoms with Crippen molar-refractivity contribution in [3.63, 3.8) is 0 Å². The van der Waals surface area contributed by atoms with Crippen molar-refractivity contribution in [2.75, 3.05) is 0 Å². The summed E-state index contributed by atoms with van der Waals surface area (Å²) in [6, 6.07) is 7.49. The van der Waals surface area contributed by atoms with E-state index < -0.39 is 4.92 Å². The molecule has 0 aliphatic rings. The SMILES string of the molecule is N=C(N)c1ccc(Oc2ccc(Br)cc2[N+](=O)[O-])nc1. The first-order valence-electron chi connectivity index (χ1n) is 5.39. The van der Waals surface area contributed by atoms with Gasteiger partial charge in [0.25, 0.3) is 0 Å². The Labute approximate surface area is 122 Å². The van der Waals surface area contributed by atoms with E-state index in [1.54, 1.807) is 12.1 Å². The van der Waals surface area contributed by atoms with Crippen molar-refractivity contribution in [1.29, 1.82) is 5.41 Å². The number of ether oxygens (including phenoxy) is 1. The molecule has 0 spiro atoms. The summed E-state index contributed by atoms with van der Waals surface area (Å²) >= 11 is 3.16. The zero-order chi connectivity index (χ0) is 14.7. The summed E-state index contributed by atoms with van der Waals surface area (Å²) in [4.78, 5) is 14.4. The van der Waals surface area contributed by atoms with Gasteiger partial charge in [0.05, 0.1) is 4.92 Å². The third-order valence-electron chi connectivity index (χ3n) is 2.38. The molecule has 0 bridgehead atoms. The van der Waals surface area contributed by atoms with E-state index in [1.807, 2.05) is 0 Å². The van der Waals surface area contributed by atoms with Crippen LogP contribution in [0, 0.1) is 15.5 Å². The van der Waals surface area contributed by atoms with Crippen LogP contribution in [0.4, 0.5) is 5.69 Å². The lowest BCUT2D eigenvalue weighted by atomic mass is 10.2. The first-order chi connectivity index (χ1) is 9.47. The highest BCUT2D eigenvalue weighted by Gasteiger charge is 2.16. The Morgan fingerprint density at radius 3 is 2.70 bits per heavy atom. The summed E-state index contributed by atoms with van der Waals surface area (Å²) in [7, 11) is 0. The predicted octanol–water partition coefficient (Wildman–Crippen LogP) is 2.83. The van der Waals surface area contributed by atoms with Gasteiger partial charge in [0.15, 0.2) is 0 Å². The highest BCUT2D eigenvalue weighted by atomic mass is 79.9. The van der Waals surface area contributed by atoms with Crippen molar-refractivity contribution < 1.29 is 9.66 Å². The predicted molar refractivity (Wildman–Crippen MR) is 76.1 cm³/mol. The number of nitro benzene ring substituents is 1. The van der Waals surface area contributed by atoms with Crippen molar-refractivity contribution in [2.24, 2.45) is 5.73 Å². The highest BCUT2D eigenvalue weighted by molar-refractivity contribution is 9.10. The van der Waals surface area contributed by atoms with Crippen LogP contribution in [0.3, 0.4) is 0 Å². The molecule has 0 amide bonds. The molecule has 0 unspecified atom stereocenters. The summed E-state index contributed by atoms with van der Waals surface area (Å²) in [5.41, 5.74) is 5.58. The van der Waals surface area contributed by atoms with Gasteiger partial charge in [-0.05, 0) is 18.2 Å². The fraction of sp³-hybridized carbons (Fsp3) is 0. The van der Waals surface area contributed by atoms with E-state index in [-0.39, 0.29) is 23.2 Å². The minimum Gasteiger partial charge on any atom is -0.432 e. The summed E-state index contributed by atoms with van der Waals surface area (Å²) in [5, 5.41) is 18.2. The minimum atomic E-state index is -0.538. The van der Waals surface area contributed by atoms with Crippen LogP contribution in [-0.4, -0.2) is 15.7 Å². The van der Waals surface area contributed by atoms with E-state index >= 15 is 0 Å². The van der Waals surface area contributed by atoms with Crippen molar-refractivity contribution in [3.8, 4) is 11.6 Å². The molecule has 2 aromatic rings. The Bertz CT molecular complexity index is 673. The number of nitrogens with two attached hydrogens (primary N) is 1. The molecular weight excluding hydrogens is 328 g/mol. The Morgan fingerprint density at radius 1 is 1.40 bits per heavy atom. The topological polar surface area (TPSA) is 115 Å². The second-order valence-corrected chi connectivity index (χ2v) is 4.69. The lowest BCUT2D eigenvalue weighted by Crippen LogP contribution is -2.11. The number of amidine groups is 1. The average Bonchev–Trinajstić information content (AvgIpc) is 2.41. The Morgan fingerprint density at radius 2 is 2.15 bits per heavy atom. The second-order valence-electron chi connectivity index (χ2n) is 3.77. The number of hydrogen-bond acceptors (Lipinski definition) is 5. The lowest BCUT2D eigenvalue weighted by molar-refractivity contribution is -0.385. The van der Waals surface area contributed by atoms with Crippen molar-refractivity contribution in [2.45, 2.75) is 0 Å². The Hall–Kier alpha value is -2.48. The van der Waals surface area contributed by atoms with Crippen LogP contribution in [0.5, 0.6) is 11.6 Å². The van der Waals surface area contributed by atoms with Gasteiger partial charge in [0.1, 0.15) is 5.84 Å². The zero-order valence-corrected chi connectivity index (χ0v) is 11.6. The van der Waals surface area contributed by atoms with Crippen LogP contribution in [-0.2, 0) is 0 Å². The monoisotopic (exact) mass is 336 g/mol. The van der Waals surface area contributed by atoms with E-state index in [4.69, 9.17) is 15.9 Å². The number of hydrogen-bond donors (Lipinski definition) is 2. The lowest BCUT2D eigenvalue weighted by Gasteiger charge is -2.06.